The van der Waals surface area contributed by atoms with Crippen LogP contribution in [0.25, 0.3) is 0 Å². The van der Waals surface area contributed by atoms with Gasteiger partial charge in [0.05, 0.1) is 6.10 Å². The van der Waals surface area contributed by atoms with Crippen LogP contribution in [0.2, 0.25) is 0 Å². The predicted octanol–water partition coefficient (Wildman–Crippen LogP) is 1.67. The number of rotatable bonds is 6. The molecular weight excluding hydrogens is 236 g/mol. The molecule has 0 spiro atoms. The molecule has 6 heteroatoms. The van der Waals surface area contributed by atoms with Crippen molar-refractivity contribution >= 4 is 23.4 Å². The first kappa shape index (κ1) is 14.1. The van der Waals surface area contributed by atoms with E-state index >= 15 is 0 Å². The smallest absolute Gasteiger partial charge is 0.191 e. The van der Waals surface area contributed by atoms with Crippen molar-refractivity contribution in [3.05, 3.63) is 6.07 Å². The molecule has 1 aromatic rings. The minimum Gasteiger partial charge on any atom is -0.391 e. The molecule has 3 N–H and O–H groups in total. The molecule has 0 aromatic carbocycles. The Hall–Kier alpha value is -1.01. The lowest BCUT2D eigenvalue weighted by Crippen LogP contribution is -2.25. The van der Waals surface area contributed by atoms with Gasteiger partial charge >= 0.3 is 0 Å². The van der Waals surface area contributed by atoms with Gasteiger partial charge in [0.1, 0.15) is 11.6 Å². The van der Waals surface area contributed by atoms with E-state index in [4.69, 9.17) is 0 Å². The second kappa shape index (κ2) is 6.66. The molecule has 96 valence electrons. The molecule has 0 amide bonds. The second-order valence-electron chi connectivity index (χ2n) is 4.07. The third-order valence-electron chi connectivity index (χ3n) is 2.41. The highest BCUT2D eigenvalue weighted by Gasteiger charge is 2.09. The number of anilines is 2. The lowest BCUT2D eigenvalue weighted by Gasteiger charge is -2.16. The Bertz CT molecular complexity index is 337. The van der Waals surface area contributed by atoms with E-state index in [1.807, 2.05) is 33.2 Å². The zero-order valence-corrected chi connectivity index (χ0v) is 11.5. The van der Waals surface area contributed by atoms with Crippen molar-refractivity contribution < 1.29 is 5.11 Å². The van der Waals surface area contributed by atoms with Crippen LogP contribution in [-0.4, -0.2) is 41.0 Å². The van der Waals surface area contributed by atoms with Crippen molar-refractivity contribution in [3.63, 3.8) is 0 Å². The summed E-state index contributed by atoms with van der Waals surface area (Å²) in [6.45, 7) is 4.46. The van der Waals surface area contributed by atoms with Crippen LogP contribution in [0.3, 0.4) is 0 Å². The van der Waals surface area contributed by atoms with Gasteiger partial charge in [0, 0.05) is 19.7 Å². The van der Waals surface area contributed by atoms with Crippen LogP contribution in [-0.2, 0) is 0 Å². The van der Waals surface area contributed by atoms with Crippen molar-refractivity contribution in [1.82, 2.24) is 9.97 Å². The van der Waals surface area contributed by atoms with Crippen LogP contribution in [0.4, 0.5) is 11.6 Å². The maximum absolute atomic E-state index is 9.71. The molecule has 0 radical (unpaired) electrons. The van der Waals surface area contributed by atoms with Crippen LogP contribution in [0.5, 0.6) is 0 Å². The Balaban J connectivity index is 2.70. The molecular formula is C11H20N4OS. The Morgan fingerprint density at radius 2 is 2.00 bits per heavy atom. The molecule has 0 saturated heterocycles. The Labute approximate surface area is 106 Å². The van der Waals surface area contributed by atoms with E-state index in [2.05, 4.69) is 20.6 Å². The molecule has 1 unspecified atom stereocenters. The van der Waals surface area contributed by atoms with E-state index in [1.54, 1.807) is 0 Å². The van der Waals surface area contributed by atoms with Crippen LogP contribution >= 0.6 is 11.8 Å². The third-order valence-corrected chi connectivity index (χ3v) is 2.95. The molecule has 0 aliphatic heterocycles. The monoisotopic (exact) mass is 256 g/mol. The fourth-order valence-corrected chi connectivity index (χ4v) is 1.56. The number of hydrogen-bond donors (Lipinski definition) is 3. The zero-order chi connectivity index (χ0) is 12.8. The predicted molar refractivity (Wildman–Crippen MR) is 72.7 cm³/mol. The van der Waals surface area contributed by atoms with E-state index in [1.165, 1.54) is 11.8 Å². The van der Waals surface area contributed by atoms with Gasteiger partial charge in [-0.05, 0) is 12.2 Å². The summed E-state index contributed by atoms with van der Waals surface area (Å²) in [6, 6.07) is 1.83. The highest BCUT2D eigenvalue weighted by Crippen LogP contribution is 2.17. The van der Waals surface area contributed by atoms with E-state index in [-0.39, 0.29) is 12.0 Å². The molecule has 1 rings (SSSR count). The maximum Gasteiger partial charge on any atom is 0.191 e. The molecule has 0 aliphatic rings. The molecule has 0 saturated carbocycles. The average molecular weight is 256 g/mol. The van der Waals surface area contributed by atoms with Gasteiger partial charge in [-0.3, -0.25) is 0 Å². The highest BCUT2D eigenvalue weighted by atomic mass is 32.2. The summed E-state index contributed by atoms with van der Waals surface area (Å²) in [5, 5.41) is 16.5. The van der Waals surface area contributed by atoms with Crippen LogP contribution in [0, 0.1) is 5.92 Å². The maximum atomic E-state index is 9.71. The molecule has 1 heterocycles. The van der Waals surface area contributed by atoms with Gasteiger partial charge in [0.15, 0.2) is 5.16 Å². The number of aliphatic hydroxyl groups is 1. The molecule has 17 heavy (non-hydrogen) atoms. The third kappa shape index (κ3) is 4.40. The molecule has 1 atom stereocenters. The SMILES string of the molecule is CNc1cc(NCC(O)C(C)C)nc(SC)n1. The minimum atomic E-state index is -0.374. The average Bonchev–Trinajstić information content (AvgIpc) is 2.35. The lowest BCUT2D eigenvalue weighted by atomic mass is 10.1. The summed E-state index contributed by atoms with van der Waals surface area (Å²) in [4.78, 5) is 8.59. The van der Waals surface area contributed by atoms with E-state index in [0.29, 0.717) is 11.7 Å². The number of nitrogens with one attached hydrogen (secondary N) is 2. The quantitative estimate of drug-likeness (QED) is 0.531. The highest BCUT2D eigenvalue weighted by molar-refractivity contribution is 7.98. The molecule has 1 aromatic heterocycles. The van der Waals surface area contributed by atoms with Gasteiger partial charge in [-0.25, -0.2) is 9.97 Å². The van der Waals surface area contributed by atoms with Crippen molar-refractivity contribution in [2.45, 2.75) is 25.1 Å². The molecule has 5 nitrogen and oxygen atoms in total. The summed E-state index contributed by atoms with van der Waals surface area (Å²) in [7, 11) is 1.82. The van der Waals surface area contributed by atoms with Crippen LogP contribution < -0.4 is 10.6 Å². The van der Waals surface area contributed by atoms with E-state index < -0.39 is 0 Å². The molecule has 0 aliphatic carbocycles. The Morgan fingerprint density at radius 3 is 2.53 bits per heavy atom. The second-order valence-corrected chi connectivity index (χ2v) is 4.84. The number of aromatic nitrogens is 2. The number of nitrogens with zero attached hydrogens (tertiary/aromatic N) is 2. The lowest BCUT2D eigenvalue weighted by molar-refractivity contribution is 0.138. The minimum absolute atomic E-state index is 0.230. The Morgan fingerprint density at radius 1 is 1.35 bits per heavy atom. The first-order valence-electron chi connectivity index (χ1n) is 5.59. The zero-order valence-electron chi connectivity index (χ0n) is 10.7. The summed E-state index contributed by atoms with van der Waals surface area (Å²) < 4.78 is 0. The molecule has 0 bridgehead atoms. The Kier molecular flexibility index (Phi) is 5.50. The topological polar surface area (TPSA) is 70.1 Å². The van der Waals surface area contributed by atoms with Gasteiger partial charge in [0.25, 0.3) is 0 Å². The fourth-order valence-electron chi connectivity index (χ4n) is 1.18. The summed E-state index contributed by atoms with van der Waals surface area (Å²) >= 11 is 1.49. The largest absolute Gasteiger partial charge is 0.391 e. The van der Waals surface area contributed by atoms with Crippen molar-refractivity contribution in [3.8, 4) is 0 Å². The van der Waals surface area contributed by atoms with Gasteiger partial charge in [0.2, 0.25) is 0 Å². The van der Waals surface area contributed by atoms with Gasteiger partial charge in [-0.1, -0.05) is 25.6 Å². The standard InChI is InChI=1S/C11H20N4OS/c1-7(2)8(16)6-13-10-5-9(12-3)14-11(15-10)17-4/h5,7-8,16H,6H2,1-4H3,(H2,12,13,14,15). The van der Waals surface area contributed by atoms with Crippen molar-refractivity contribution in [1.29, 1.82) is 0 Å². The van der Waals surface area contributed by atoms with Crippen LogP contribution in [0.15, 0.2) is 11.2 Å². The summed E-state index contributed by atoms with van der Waals surface area (Å²) in [6.07, 6.45) is 1.56. The van der Waals surface area contributed by atoms with Gasteiger partial charge < -0.3 is 15.7 Å². The summed E-state index contributed by atoms with van der Waals surface area (Å²) in [5.41, 5.74) is 0. The first-order chi connectivity index (χ1) is 8.06. The number of aliphatic hydroxyl groups excluding tert-OH is 1. The first-order valence-corrected chi connectivity index (χ1v) is 6.82. The van der Waals surface area contributed by atoms with E-state index in [9.17, 15) is 5.11 Å². The fraction of sp³-hybridized carbons (Fsp3) is 0.636. The van der Waals surface area contributed by atoms with E-state index in [0.717, 1.165) is 11.6 Å². The van der Waals surface area contributed by atoms with Crippen molar-refractivity contribution in [2.24, 2.45) is 5.92 Å². The van der Waals surface area contributed by atoms with Gasteiger partial charge in [-0.2, -0.15) is 0 Å². The number of hydrogen-bond acceptors (Lipinski definition) is 6. The summed E-state index contributed by atoms with van der Waals surface area (Å²) in [5.74, 6) is 1.73. The van der Waals surface area contributed by atoms with Gasteiger partial charge in [-0.15, -0.1) is 0 Å². The van der Waals surface area contributed by atoms with Crippen molar-refractivity contribution in [2.75, 3.05) is 30.5 Å². The number of thioether (sulfide) groups is 1. The van der Waals surface area contributed by atoms with Crippen LogP contribution in [0.1, 0.15) is 13.8 Å². The molecule has 0 fully saturated rings. The normalized spacial score (nSPS) is 12.6.